The maximum Gasteiger partial charge on any atom is 0.342 e. The van der Waals surface area contributed by atoms with Crippen LogP contribution in [-0.2, 0) is 16.1 Å². The number of nitrogens with two attached hydrogens (primary N) is 1. The summed E-state index contributed by atoms with van der Waals surface area (Å²) in [4.78, 5) is 48.9. The Morgan fingerprint density at radius 3 is 2.26 bits per heavy atom. The van der Waals surface area contributed by atoms with Gasteiger partial charge >= 0.3 is 5.97 Å². The molecule has 0 spiro atoms. The number of aromatic hydroxyl groups is 1. The Bertz CT molecular complexity index is 947. The Morgan fingerprint density at radius 2 is 1.70 bits per heavy atom. The number of phenols is 1. The van der Waals surface area contributed by atoms with Crippen LogP contribution in [0.5, 0.6) is 5.75 Å². The van der Waals surface area contributed by atoms with Crippen LogP contribution in [0.25, 0.3) is 0 Å². The van der Waals surface area contributed by atoms with Crippen molar-refractivity contribution in [2.75, 3.05) is 6.61 Å². The fourth-order valence-corrected chi connectivity index (χ4v) is 2.88. The number of amides is 3. The first-order valence-corrected chi connectivity index (χ1v) is 8.02. The van der Waals surface area contributed by atoms with E-state index in [1.165, 1.54) is 6.07 Å². The second-order valence-corrected chi connectivity index (χ2v) is 6.09. The first kappa shape index (κ1) is 18.1. The summed E-state index contributed by atoms with van der Waals surface area (Å²) in [7, 11) is 0. The van der Waals surface area contributed by atoms with E-state index in [2.05, 4.69) is 0 Å². The molecule has 1 heterocycles. The van der Waals surface area contributed by atoms with Crippen molar-refractivity contribution in [2.24, 2.45) is 5.73 Å². The predicted octanol–water partition coefficient (Wildman–Crippen LogP) is 1.14. The molecular formula is C19H16N2O6. The monoisotopic (exact) mass is 368 g/mol. The number of primary amides is 1. The quantitative estimate of drug-likeness (QED) is 0.602. The minimum absolute atomic E-state index is 0.0798. The van der Waals surface area contributed by atoms with Crippen molar-refractivity contribution in [2.45, 2.75) is 13.5 Å². The van der Waals surface area contributed by atoms with Crippen molar-refractivity contribution < 1.29 is 29.0 Å². The molecule has 0 bridgehead atoms. The fraction of sp³-hybridized carbons (Fsp3) is 0.158. The molecule has 8 nitrogen and oxygen atoms in total. The molecule has 2 aromatic rings. The largest absolute Gasteiger partial charge is 0.507 e. The number of carbonyl (C=O) groups is 4. The minimum Gasteiger partial charge on any atom is -0.507 e. The van der Waals surface area contributed by atoms with E-state index < -0.39 is 30.3 Å². The SMILES string of the molecule is Cc1cc(CN2C(=O)c3ccccc3C2=O)cc(C(=O)OCC(N)=O)c1O. The number of ether oxygens (including phenoxy) is 1. The van der Waals surface area contributed by atoms with Gasteiger partial charge in [-0.05, 0) is 36.2 Å². The van der Waals surface area contributed by atoms with Crippen LogP contribution in [0.1, 0.15) is 42.2 Å². The highest BCUT2D eigenvalue weighted by Gasteiger charge is 2.35. The molecular weight excluding hydrogens is 352 g/mol. The molecule has 3 N–H and O–H groups in total. The van der Waals surface area contributed by atoms with Gasteiger partial charge in [0.1, 0.15) is 11.3 Å². The smallest absolute Gasteiger partial charge is 0.342 e. The summed E-state index contributed by atoms with van der Waals surface area (Å²) in [5.41, 5.74) is 6.20. The summed E-state index contributed by atoms with van der Waals surface area (Å²) >= 11 is 0. The number of carbonyl (C=O) groups excluding carboxylic acids is 4. The Balaban J connectivity index is 1.88. The number of imide groups is 1. The maximum absolute atomic E-state index is 12.5. The molecule has 0 atom stereocenters. The highest BCUT2D eigenvalue weighted by molar-refractivity contribution is 6.21. The molecule has 0 saturated heterocycles. The predicted molar refractivity (Wildman–Crippen MR) is 93.0 cm³/mol. The van der Waals surface area contributed by atoms with Gasteiger partial charge in [0.25, 0.3) is 17.7 Å². The second kappa shape index (κ2) is 6.91. The highest BCUT2D eigenvalue weighted by Crippen LogP contribution is 2.28. The van der Waals surface area contributed by atoms with Crippen LogP contribution < -0.4 is 5.73 Å². The number of esters is 1. The molecule has 0 fully saturated rings. The normalized spacial score (nSPS) is 12.9. The number of hydrogen-bond acceptors (Lipinski definition) is 6. The van der Waals surface area contributed by atoms with Gasteiger partial charge in [0.05, 0.1) is 17.7 Å². The van der Waals surface area contributed by atoms with Crippen molar-refractivity contribution in [1.29, 1.82) is 0 Å². The standard InChI is InChI=1S/C19H16N2O6/c1-10-6-11(7-14(16(10)23)19(26)27-9-15(20)22)8-21-17(24)12-4-2-3-5-13(12)18(21)25/h2-7,23H,8-9H2,1H3,(H2,20,22). The average Bonchev–Trinajstić information content (AvgIpc) is 2.87. The number of benzene rings is 2. The van der Waals surface area contributed by atoms with Gasteiger partial charge in [0, 0.05) is 0 Å². The number of aryl methyl sites for hydroxylation is 1. The summed E-state index contributed by atoms with van der Waals surface area (Å²) in [5.74, 6) is -2.94. The molecule has 0 unspecified atom stereocenters. The van der Waals surface area contributed by atoms with Gasteiger partial charge in [-0.15, -0.1) is 0 Å². The van der Waals surface area contributed by atoms with Crippen LogP contribution in [0.15, 0.2) is 36.4 Å². The van der Waals surface area contributed by atoms with Gasteiger partial charge < -0.3 is 15.6 Å². The van der Waals surface area contributed by atoms with E-state index in [0.717, 1.165) is 4.90 Å². The van der Waals surface area contributed by atoms with E-state index in [-0.39, 0.29) is 17.9 Å². The highest BCUT2D eigenvalue weighted by atomic mass is 16.5. The lowest BCUT2D eigenvalue weighted by atomic mass is 10.0. The van der Waals surface area contributed by atoms with E-state index in [0.29, 0.717) is 22.3 Å². The van der Waals surface area contributed by atoms with Crippen molar-refractivity contribution in [3.63, 3.8) is 0 Å². The number of phenolic OH excluding ortho intramolecular Hbond substituents is 1. The molecule has 3 amide bonds. The average molecular weight is 368 g/mol. The van der Waals surface area contributed by atoms with Gasteiger partial charge in [0.2, 0.25) is 0 Å². The van der Waals surface area contributed by atoms with E-state index in [1.807, 2.05) is 0 Å². The van der Waals surface area contributed by atoms with Crippen molar-refractivity contribution in [1.82, 2.24) is 4.90 Å². The summed E-state index contributed by atoms with van der Waals surface area (Å²) < 4.78 is 4.72. The zero-order chi connectivity index (χ0) is 19.7. The molecule has 1 aliphatic rings. The molecule has 8 heteroatoms. The maximum atomic E-state index is 12.5. The van der Waals surface area contributed by atoms with Crippen molar-refractivity contribution in [3.05, 3.63) is 64.2 Å². The van der Waals surface area contributed by atoms with Gasteiger partial charge in [-0.2, -0.15) is 0 Å². The van der Waals surface area contributed by atoms with Crippen LogP contribution in [-0.4, -0.2) is 40.3 Å². The number of fused-ring (bicyclic) bond motifs is 1. The van der Waals surface area contributed by atoms with Gasteiger partial charge in [0.15, 0.2) is 6.61 Å². The Morgan fingerprint density at radius 1 is 1.11 bits per heavy atom. The van der Waals surface area contributed by atoms with Crippen LogP contribution in [0, 0.1) is 6.92 Å². The third kappa shape index (κ3) is 3.37. The molecule has 1 aliphatic heterocycles. The van der Waals surface area contributed by atoms with E-state index >= 15 is 0 Å². The summed E-state index contributed by atoms with van der Waals surface area (Å²) in [6.07, 6.45) is 0. The zero-order valence-electron chi connectivity index (χ0n) is 14.4. The topological polar surface area (TPSA) is 127 Å². The lowest BCUT2D eigenvalue weighted by molar-refractivity contribution is -0.121. The number of rotatable bonds is 5. The van der Waals surface area contributed by atoms with Gasteiger partial charge in [-0.1, -0.05) is 18.2 Å². The van der Waals surface area contributed by atoms with Crippen molar-refractivity contribution in [3.8, 4) is 5.75 Å². The Labute approximate surface area is 154 Å². The molecule has 0 aromatic heterocycles. The second-order valence-electron chi connectivity index (χ2n) is 6.09. The third-order valence-corrected chi connectivity index (χ3v) is 4.14. The molecule has 0 aliphatic carbocycles. The first-order chi connectivity index (χ1) is 12.8. The van der Waals surface area contributed by atoms with Gasteiger partial charge in [-0.25, -0.2) is 4.79 Å². The Hall–Kier alpha value is -3.68. The lowest BCUT2D eigenvalue weighted by Gasteiger charge is -2.16. The van der Waals surface area contributed by atoms with E-state index in [4.69, 9.17) is 10.5 Å². The fourth-order valence-electron chi connectivity index (χ4n) is 2.88. The van der Waals surface area contributed by atoms with Crippen LogP contribution in [0.3, 0.4) is 0 Å². The zero-order valence-corrected chi connectivity index (χ0v) is 14.4. The molecule has 0 saturated carbocycles. The third-order valence-electron chi connectivity index (χ3n) is 4.14. The molecule has 3 rings (SSSR count). The molecule has 0 radical (unpaired) electrons. The number of nitrogens with zero attached hydrogens (tertiary/aromatic N) is 1. The van der Waals surface area contributed by atoms with Gasteiger partial charge in [-0.3, -0.25) is 19.3 Å². The van der Waals surface area contributed by atoms with Crippen LogP contribution in [0.4, 0.5) is 0 Å². The van der Waals surface area contributed by atoms with E-state index in [9.17, 15) is 24.3 Å². The Kier molecular flexibility index (Phi) is 4.64. The van der Waals surface area contributed by atoms with Crippen LogP contribution in [0.2, 0.25) is 0 Å². The molecule has 138 valence electrons. The number of hydrogen-bond donors (Lipinski definition) is 2. The lowest BCUT2D eigenvalue weighted by Crippen LogP contribution is -2.29. The molecule has 2 aromatic carbocycles. The summed E-state index contributed by atoms with van der Waals surface area (Å²) in [5, 5.41) is 10.1. The van der Waals surface area contributed by atoms with Crippen LogP contribution >= 0.6 is 0 Å². The first-order valence-electron chi connectivity index (χ1n) is 8.02. The molecule has 27 heavy (non-hydrogen) atoms. The summed E-state index contributed by atoms with van der Waals surface area (Å²) in [6, 6.07) is 9.36. The van der Waals surface area contributed by atoms with Crippen molar-refractivity contribution >= 4 is 23.7 Å². The van der Waals surface area contributed by atoms with E-state index in [1.54, 1.807) is 37.3 Å². The minimum atomic E-state index is -0.932. The summed E-state index contributed by atoms with van der Waals surface area (Å²) in [6.45, 7) is 0.857.